The third kappa shape index (κ3) is 4.63. The van der Waals surface area contributed by atoms with Gasteiger partial charge in [-0.05, 0) is 30.4 Å². The minimum atomic E-state index is 0.696. The maximum absolute atomic E-state index is 3.82. The fourth-order valence-electron chi connectivity index (χ4n) is 1.80. The van der Waals surface area contributed by atoms with E-state index >= 15 is 0 Å². The van der Waals surface area contributed by atoms with Crippen molar-refractivity contribution in [3.8, 4) is 0 Å². The van der Waals surface area contributed by atoms with Gasteiger partial charge in [-0.3, -0.25) is 0 Å². The van der Waals surface area contributed by atoms with E-state index in [0.717, 1.165) is 19.5 Å². The van der Waals surface area contributed by atoms with Crippen LogP contribution < -0.4 is 5.32 Å². The largest absolute Gasteiger partial charge is 0.312 e. The van der Waals surface area contributed by atoms with E-state index in [-0.39, 0.29) is 0 Å². The van der Waals surface area contributed by atoms with Crippen LogP contribution in [0.4, 0.5) is 0 Å². The second-order valence-corrected chi connectivity index (χ2v) is 4.64. The lowest BCUT2D eigenvalue weighted by Gasteiger charge is -2.19. The maximum atomic E-state index is 3.82. The second-order valence-electron chi connectivity index (χ2n) is 4.64. The summed E-state index contributed by atoms with van der Waals surface area (Å²) in [5, 5.41) is 3.52. The van der Waals surface area contributed by atoms with E-state index in [0.29, 0.717) is 11.8 Å². The smallest absolute Gasteiger partial charge is 0.0205 e. The lowest BCUT2D eigenvalue weighted by molar-refractivity contribution is 0.365. The summed E-state index contributed by atoms with van der Waals surface area (Å²) in [7, 11) is 0. The molecule has 1 aromatic rings. The van der Waals surface area contributed by atoms with Crippen LogP contribution in [0.5, 0.6) is 0 Å². The summed E-state index contributed by atoms with van der Waals surface area (Å²) in [6.07, 6.45) is 3.12. The molecule has 0 saturated carbocycles. The Labute approximate surface area is 99.6 Å². The van der Waals surface area contributed by atoms with E-state index in [1.165, 1.54) is 5.56 Å². The average molecular weight is 217 g/mol. The highest BCUT2D eigenvalue weighted by atomic mass is 14.9. The molecule has 88 valence electrons. The minimum absolute atomic E-state index is 0.696. The average Bonchev–Trinajstić information content (AvgIpc) is 2.29. The van der Waals surface area contributed by atoms with Crippen LogP contribution in [-0.4, -0.2) is 6.54 Å². The lowest BCUT2D eigenvalue weighted by Crippen LogP contribution is -2.25. The van der Waals surface area contributed by atoms with Crippen molar-refractivity contribution < 1.29 is 0 Å². The number of hydrogen-bond acceptors (Lipinski definition) is 1. The van der Waals surface area contributed by atoms with E-state index in [1.807, 2.05) is 6.08 Å². The summed E-state index contributed by atoms with van der Waals surface area (Å²) in [5.41, 5.74) is 1.35. The van der Waals surface area contributed by atoms with E-state index in [9.17, 15) is 0 Å². The first-order valence-corrected chi connectivity index (χ1v) is 6.09. The molecule has 0 aliphatic rings. The quantitative estimate of drug-likeness (QED) is 0.688. The van der Waals surface area contributed by atoms with Gasteiger partial charge in [-0.1, -0.05) is 50.3 Å². The molecule has 0 saturated heterocycles. The lowest BCUT2D eigenvalue weighted by atomic mass is 9.92. The zero-order chi connectivity index (χ0) is 11.8. The Morgan fingerprint density at radius 3 is 2.50 bits per heavy atom. The van der Waals surface area contributed by atoms with Crippen LogP contribution in [0, 0.1) is 11.8 Å². The van der Waals surface area contributed by atoms with E-state index in [2.05, 4.69) is 56.1 Å². The SMILES string of the molecule is C=CCC(CNCc1ccccc1)C(C)C. The third-order valence-corrected chi connectivity index (χ3v) is 2.99. The first-order valence-electron chi connectivity index (χ1n) is 6.09. The molecule has 16 heavy (non-hydrogen) atoms. The highest BCUT2D eigenvalue weighted by Crippen LogP contribution is 2.14. The van der Waals surface area contributed by atoms with Gasteiger partial charge in [0.1, 0.15) is 0 Å². The van der Waals surface area contributed by atoms with Crippen LogP contribution in [0.1, 0.15) is 25.8 Å². The van der Waals surface area contributed by atoms with E-state index in [1.54, 1.807) is 0 Å². The monoisotopic (exact) mass is 217 g/mol. The van der Waals surface area contributed by atoms with Crippen molar-refractivity contribution in [2.24, 2.45) is 11.8 Å². The number of rotatable bonds is 7. The minimum Gasteiger partial charge on any atom is -0.312 e. The first kappa shape index (κ1) is 13.0. The third-order valence-electron chi connectivity index (χ3n) is 2.99. The van der Waals surface area contributed by atoms with Crippen molar-refractivity contribution in [1.29, 1.82) is 0 Å². The molecular weight excluding hydrogens is 194 g/mol. The van der Waals surface area contributed by atoms with Crippen molar-refractivity contribution in [2.45, 2.75) is 26.8 Å². The van der Waals surface area contributed by atoms with Crippen molar-refractivity contribution in [3.05, 3.63) is 48.6 Å². The Morgan fingerprint density at radius 1 is 1.25 bits per heavy atom. The van der Waals surface area contributed by atoms with Gasteiger partial charge >= 0.3 is 0 Å². The second kappa shape index (κ2) is 7.24. The molecule has 0 bridgehead atoms. The van der Waals surface area contributed by atoms with Gasteiger partial charge in [0.2, 0.25) is 0 Å². The molecular formula is C15H23N. The van der Waals surface area contributed by atoms with E-state index in [4.69, 9.17) is 0 Å². The van der Waals surface area contributed by atoms with Gasteiger partial charge in [0.25, 0.3) is 0 Å². The molecule has 0 spiro atoms. The number of nitrogens with one attached hydrogen (secondary N) is 1. The van der Waals surface area contributed by atoms with Gasteiger partial charge < -0.3 is 5.32 Å². The zero-order valence-electron chi connectivity index (χ0n) is 10.4. The number of benzene rings is 1. The fraction of sp³-hybridized carbons (Fsp3) is 0.467. The highest BCUT2D eigenvalue weighted by Gasteiger charge is 2.10. The fourth-order valence-corrected chi connectivity index (χ4v) is 1.80. The molecule has 1 aromatic carbocycles. The Kier molecular flexibility index (Phi) is 5.87. The molecule has 1 rings (SSSR count). The maximum Gasteiger partial charge on any atom is 0.0205 e. The summed E-state index contributed by atoms with van der Waals surface area (Å²) in [6.45, 7) is 10.4. The highest BCUT2D eigenvalue weighted by molar-refractivity contribution is 5.14. The first-order chi connectivity index (χ1) is 7.74. The predicted molar refractivity (Wildman–Crippen MR) is 71.3 cm³/mol. The van der Waals surface area contributed by atoms with Crippen molar-refractivity contribution in [1.82, 2.24) is 5.32 Å². The number of hydrogen-bond donors (Lipinski definition) is 1. The molecule has 0 aliphatic carbocycles. The molecule has 1 nitrogen and oxygen atoms in total. The van der Waals surface area contributed by atoms with Crippen LogP contribution in [0.2, 0.25) is 0 Å². The molecule has 0 amide bonds. The summed E-state index contributed by atoms with van der Waals surface area (Å²) < 4.78 is 0. The van der Waals surface area contributed by atoms with Gasteiger partial charge in [0, 0.05) is 6.54 Å². The van der Waals surface area contributed by atoms with Crippen molar-refractivity contribution >= 4 is 0 Å². The molecule has 0 aliphatic heterocycles. The van der Waals surface area contributed by atoms with Gasteiger partial charge in [-0.15, -0.1) is 6.58 Å². The Morgan fingerprint density at radius 2 is 1.94 bits per heavy atom. The summed E-state index contributed by atoms with van der Waals surface area (Å²) in [5.74, 6) is 1.41. The van der Waals surface area contributed by atoms with Gasteiger partial charge in [0.15, 0.2) is 0 Å². The molecule has 1 heteroatoms. The van der Waals surface area contributed by atoms with E-state index < -0.39 is 0 Å². The van der Waals surface area contributed by atoms with Crippen LogP contribution >= 0.6 is 0 Å². The van der Waals surface area contributed by atoms with Crippen molar-refractivity contribution in [2.75, 3.05) is 6.54 Å². The molecule has 0 fully saturated rings. The van der Waals surface area contributed by atoms with Crippen LogP contribution in [-0.2, 0) is 6.54 Å². The van der Waals surface area contributed by atoms with Crippen LogP contribution in [0.3, 0.4) is 0 Å². The normalized spacial score (nSPS) is 12.7. The standard InChI is InChI=1S/C15H23N/c1-4-8-15(13(2)3)12-16-11-14-9-6-5-7-10-14/h4-7,9-10,13,15-16H,1,8,11-12H2,2-3H3. The topological polar surface area (TPSA) is 12.0 Å². The molecule has 1 atom stereocenters. The van der Waals surface area contributed by atoms with Gasteiger partial charge in [0.05, 0.1) is 0 Å². The van der Waals surface area contributed by atoms with Crippen molar-refractivity contribution in [3.63, 3.8) is 0 Å². The van der Waals surface area contributed by atoms with Crippen LogP contribution in [0.25, 0.3) is 0 Å². The number of allylic oxidation sites excluding steroid dienone is 1. The van der Waals surface area contributed by atoms with Gasteiger partial charge in [-0.2, -0.15) is 0 Å². The predicted octanol–water partition coefficient (Wildman–Crippen LogP) is 3.62. The van der Waals surface area contributed by atoms with Gasteiger partial charge in [-0.25, -0.2) is 0 Å². The summed E-state index contributed by atoms with van der Waals surface area (Å²) in [4.78, 5) is 0. The molecule has 1 unspecified atom stereocenters. The van der Waals surface area contributed by atoms with Crippen LogP contribution in [0.15, 0.2) is 43.0 Å². The Hall–Kier alpha value is -1.08. The Bertz CT molecular complexity index is 290. The summed E-state index contributed by atoms with van der Waals surface area (Å²) in [6, 6.07) is 10.5. The molecule has 0 heterocycles. The molecule has 1 N–H and O–H groups in total. The summed E-state index contributed by atoms with van der Waals surface area (Å²) >= 11 is 0. The molecule has 0 aromatic heterocycles. The Balaban J connectivity index is 2.30. The molecule has 0 radical (unpaired) electrons. The zero-order valence-corrected chi connectivity index (χ0v) is 10.4.